The highest BCUT2D eigenvalue weighted by molar-refractivity contribution is 7.91. The van der Waals surface area contributed by atoms with Gasteiger partial charge in [-0.1, -0.05) is 0 Å². The van der Waals surface area contributed by atoms with Gasteiger partial charge < -0.3 is 14.6 Å². The molecule has 1 amide bonds. The Balaban J connectivity index is 1.40. The molecule has 0 bridgehead atoms. The molecule has 1 heterocycles. The van der Waals surface area contributed by atoms with Crippen molar-refractivity contribution in [3.8, 4) is 5.75 Å². The zero-order valence-electron chi connectivity index (χ0n) is 13.8. The molecule has 4 nitrogen and oxygen atoms in total. The molecule has 0 saturated carbocycles. The van der Waals surface area contributed by atoms with Crippen molar-refractivity contribution in [2.45, 2.75) is 30.6 Å². The van der Waals surface area contributed by atoms with Gasteiger partial charge in [0.05, 0.1) is 6.61 Å². The average Bonchev–Trinajstić information content (AvgIpc) is 2.62. The summed E-state index contributed by atoms with van der Waals surface area (Å²) in [5.74, 6) is 1.05. The van der Waals surface area contributed by atoms with Gasteiger partial charge in [-0.25, -0.2) is 4.39 Å². The third kappa shape index (κ3) is 4.96. The average molecular weight is 361 g/mol. The number of aryl methyl sites for hydroxylation is 1. The molecular formula is C19H20FNO3S. The van der Waals surface area contributed by atoms with E-state index in [1.165, 1.54) is 12.1 Å². The first-order chi connectivity index (χ1) is 12.1. The van der Waals surface area contributed by atoms with Crippen LogP contribution in [0, 0.1) is 5.82 Å². The molecule has 0 radical (unpaired) electrons. The lowest BCUT2D eigenvalue weighted by molar-refractivity contribution is -0.116. The summed E-state index contributed by atoms with van der Waals surface area (Å²) >= 11 is -1.11. The van der Waals surface area contributed by atoms with Crippen molar-refractivity contribution < 1.29 is 18.5 Å². The number of nitrogens with one attached hydrogen (secondary N) is 1. The van der Waals surface area contributed by atoms with Crippen LogP contribution in [0.2, 0.25) is 0 Å². The van der Waals surface area contributed by atoms with Crippen molar-refractivity contribution in [3.05, 3.63) is 53.8 Å². The Bertz CT molecular complexity index is 736. The van der Waals surface area contributed by atoms with Crippen LogP contribution in [-0.4, -0.2) is 22.8 Å². The summed E-state index contributed by atoms with van der Waals surface area (Å²) in [5.41, 5.74) is 1.95. The van der Waals surface area contributed by atoms with Crippen molar-refractivity contribution in [1.82, 2.24) is 0 Å². The van der Waals surface area contributed by atoms with Gasteiger partial charge in [-0.3, -0.25) is 4.79 Å². The van der Waals surface area contributed by atoms with E-state index < -0.39 is 11.2 Å². The standard InChI is InChI=1S/C19H20FNO3S/c20-15-4-7-17(8-5-15)25(23)12-2-1-11-24-16-6-9-18-14(13-16)3-10-19(22)21-18/h4-9,13H,1-3,10-12H2,(H,21,22). The Labute approximate surface area is 149 Å². The van der Waals surface area contributed by atoms with Crippen molar-refractivity contribution >= 4 is 22.8 Å². The monoisotopic (exact) mass is 361 g/mol. The number of anilines is 1. The summed E-state index contributed by atoms with van der Waals surface area (Å²) in [6, 6.07) is 11.5. The number of hydrogen-bond donors (Lipinski definition) is 1. The number of unbranched alkanes of at least 4 members (excludes halogenated alkanes) is 1. The van der Waals surface area contributed by atoms with Crippen molar-refractivity contribution in [2.24, 2.45) is 0 Å². The number of halogens is 1. The van der Waals surface area contributed by atoms with Gasteiger partial charge in [-0.2, -0.15) is 0 Å². The molecule has 1 aliphatic rings. The topological polar surface area (TPSA) is 61.4 Å². The van der Waals surface area contributed by atoms with Crippen molar-refractivity contribution in [1.29, 1.82) is 0 Å². The fourth-order valence-corrected chi connectivity index (χ4v) is 3.82. The van der Waals surface area contributed by atoms with Gasteiger partial charge in [0.25, 0.3) is 0 Å². The third-order valence-corrected chi connectivity index (χ3v) is 5.50. The fraction of sp³-hybridized carbons (Fsp3) is 0.316. The molecule has 3 rings (SSSR count). The summed E-state index contributed by atoms with van der Waals surface area (Å²) in [4.78, 5) is 12.0. The number of carbonyl (C=O) groups is 1. The first kappa shape index (κ1) is 17.8. The first-order valence-corrected chi connectivity index (χ1v) is 9.63. The minimum Gasteiger partial charge on any atom is -0.611 e. The number of hydrogen-bond acceptors (Lipinski definition) is 3. The van der Waals surface area contributed by atoms with Crippen LogP contribution in [0.25, 0.3) is 0 Å². The van der Waals surface area contributed by atoms with Gasteiger partial charge >= 0.3 is 0 Å². The Kier molecular flexibility index (Phi) is 5.94. The molecule has 132 valence electrons. The van der Waals surface area contributed by atoms with Crippen LogP contribution in [0.15, 0.2) is 47.4 Å². The van der Waals surface area contributed by atoms with E-state index in [1.807, 2.05) is 18.2 Å². The molecule has 1 unspecified atom stereocenters. The predicted molar refractivity (Wildman–Crippen MR) is 95.8 cm³/mol. The lowest BCUT2D eigenvalue weighted by atomic mass is 10.0. The summed E-state index contributed by atoms with van der Waals surface area (Å²) < 4.78 is 30.7. The minimum atomic E-state index is -1.11. The Morgan fingerprint density at radius 3 is 2.72 bits per heavy atom. The molecule has 6 heteroatoms. The van der Waals surface area contributed by atoms with E-state index in [9.17, 15) is 13.7 Å². The third-order valence-electron chi connectivity index (χ3n) is 4.04. The molecular weight excluding hydrogens is 341 g/mol. The number of fused-ring (bicyclic) bond motifs is 1. The predicted octanol–water partition coefficient (Wildman–Crippen LogP) is 3.68. The smallest absolute Gasteiger partial charge is 0.224 e. The lowest BCUT2D eigenvalue weighted by Gasteiger charge is -2.17. The summed E-state index contributed by atoms with van der Waals surface area (Å²) in [7, 11) is 0. The van der Waals surface area contributed by atoms with E-state index in [-0.39, 0.29) is 11.7 Å². The van der Waals surface area contributed by atoms with Crippen LogP contribution >= 0.6 is 0 Å². The first-order valence-electron chi connectivity index (χ1n) is 8.31. The van der Waals surface area contributed by atoms with Gasteiger partial charge in [-0.05, 0) is 78.5 Å². The molecule has 0 fully saturated rings. The summed E-state index contributed by atoms with van der Waals surface area (Å²) in [6.07, 6.45) is 2.80. The van der Waals surface area contributed by atoms with E-state index in [4.69, 9.17) is 4.74 Å². The molecule has 25 heavy (non-hydrogen) atoms. The molecule has 0 aliphatic carbocycles. The van der Waals surface area contributed by atoms with E-state index >= 15 is 0 Å². The van der Waals surface area contributed by atoms with Gasteiger partial charge in [0, 0.05) is 12.1 Å². The number of ether oxygens (including phenoxy) is 1. The lowest BCUT2D eigenvalue weighted by Crippen LogP contribution is -2.18. The van der Waals surface area contributed by atoms with Crippen LogP contribution in [0.3, 0.4) is 0 Å². The van der Waals surface area contributed by atoms with Crippen LogP contribution in [0.5, 0.6) is 5.75 Å². The maximum Gasteiger partial charge on any atom is 0.224 e. The molecule has 0 saturated heterocycles. The Morgan fingerprint density at radius 1 is 1.12 bits per heavy atom. The molecule has 1 atom stereocenters. The molecule has 2 aromatic rings. The number of rotatable bonds is 7. The SMILES string of the molecule is O=C1CCc2cc(OCCCC[S+]([O-])c3ccc(F)cc3)ccc2N1. The van der Waals surface area contributed by atoms with Crippen molar-refractivity contribution in [2.75, 3.05) is 17.7 Å². The highest BCUT2D eigenvalue weighted by Gasteiger charge is 2.15. The number of carbonyl (C=O) groups excluding carboxylic acids is 1. The van der Waals surface area contributed by atoms with Crippen LogP contribution in [0.1, 0.15) is 24.8 Å². The fourth-order valence-electron chi connectivity index (χ4n) is 2.68. The highest BCUT2D eigenvalue weighted by atomic mass is 32.2. The molecule has 1 N–H and O–H groups in total. The molecule has 0 aromatic heterocycles. The maximum atomic E-state index is 12.9. The molecule has 2 aromatic carbocycles. The maximum absolute atomic E-state index is 12.9. The van der Waals surface area contributed by atoms with E-state index in [0.29, 0.717) is 23.7 Å². The highest BCUT2D eigenvalue weighted by Crippen LogP contribution is 2.26. The summed E-state index contributed by atoms with van der Waals surface area (Å²) in [5, 5.41) is 2.84. The molecule has 0 spiro atoms. The number of amides is 1. The van der Waals surface area contributed by atoms with Crippen molar-refractivity contribution in [3.63, 3.8) is 0 Å². The number of benzene rings is 2. The largest absolute Gasteiger partial charge is 0.611 e. The van der Waals surface area contributed by atoms with Gasteiger partial charge in [0.15, 0.2) is 4.90 Å². The minimum absolute atomic E-state index is 0.0512. The van der Waals surface area contributed by atoms with E-state index in [1.54, 1.807) is 12.1 Å². The van der Waals surface area contributed by atoms with Gasteiger partial charge in [0.2, 0.25) is 5.91 Å². The van der Waals surface area contributed by atoms with Gasteiger partial charge in [-0.15, -0.1) is 0 Å². The quantitative estimate of drug-likeness (QED) is 0.604. The normalized spacial score (nSPS) is 14.6. The zero-order valence-corrected chi connectivity index (χ0v) is 14.6. The van der Waals surface area contributed by atoms with E-state index in [0.717, 1.165) is 36.3 Å². The second kappa shape index (κ2) is 8.36. The van der Waals surface area contributed by atoms with Gasteiger partial charge in [0.1, 0.15) is 17.3 Å². The molecule has 1 aliphatic heterocycles. The summed E-state index contributed by atoms with van der Waals surface area (Å²) in [6.45, 7) is 0.547. The second-order valence-corrected chi connectivity index (χ2v) is 7.50. The van der Waals surface area contributed by atoms with Crippen LogP contribution < -0.4 is 10.1 Å². The Hall–Kier alpha value is -2.05. The van der Waals surface area contributed by atoms with E-state index in [2.05, 4.69) is 5.32 Å². The zero-order chi connectivity index (χ0) is 17.6. The van der Waals surface area contributed by atoms with Crippen LogP contribution in [-0.2, 0) is 22.4 Å². The second-order valence-electron chi connectivity index (χ2n) is 5.93. The Morgan fingerprint density at radius 2 is 1.92 bits per heavy atom. The van der Waals surface area contributed by atoms with Crippen LogP contribution in [0.4, 0.5) is 10.1 Å².